The monoisotopic (exact) mass is 289 g/mol. The molecule has 0 fully saturated rings. The normalized spacial score (nSPS) is 13.9. The summed E-state index contributed by atoms with van der Waals surface area (Å²) in [5, 5.41) is 15.6. The van der Waals surface area contributed by atoms with Gasteiger partial charge in [0, 0.05) is 0 Å². The molecule has 2 aromatic rings. The van der Waals surface area contributed by atoms with Crippen LogP contribution < -0.4 is 10.1 Å². The Bertz CT molecular complexity index is 551. The first kappa shape index (κ1) is 15.4. The Hall–Kier alpha value is -1.95. The molecule has 1 heterocycles. The van der Waals surface area contributed by atoms with E-state index in [0.29, 0.717) is 0 Å². The van der Waals surface area contributed by atoms with E-state index in [4.69, 9.17) is 4.74 Å². The highest BCUT2D eigenvalue weighted by atomic mass is 16.5. The van der Waals surface area contributed by atoms with Crippen LogP contribution in [0.1, 0.15) is 50.7 Å². The van der Waals surface area contributed by atoms with E-state index in [0.717, 1.165) is 30.1 Å². The van der Waals surface area contributed by atoms with Gasteiger partial charge in [-0.3, -0.25) is 0 Å². The molecule has 114 valence electrons. The summed E-state index contributed by atoms with van der Waals surface area (Å²) < 4.78 is 7.06. The van der Waals surface area contributed by atoms with Crippen LogP contribution in [-0.4, -0.2) is 33.9 Å². The average Bonchev–Trinajstić information content (AvgIpc) is 3.01. The van der Waals surface area contributed by atoms with Crippen LogP contribution in [0.15, 0.2) is 24.3 Å². The summed E-state index contributed by atoms with van der Waals surface area (Å²) in [7, 11) is 1.67. The van der Waals surface area contributed by atoms with Crippen molar-refractivity contribution in [2.24, 2.45) is 0 Å². The van der Waals surface area contributed by atoms with Crippen molar-refractivity contribution in [3.63, 3.8) is 0 Å². The lowest BCUT2D eigenvalue weighted by molar-refractivity contribution is 0.414. The lowest BCUT2D eigenvalue weighted by atomic mass is 10.1. The number of hydrogen-bond acceptors (Lipinski definition) is 5. The molecule has 0 bridgehead atoms. The Kier molecular flexibility index (Phi) is 5.27. The van der Waals surface area contributed by atoms with Gasteiger partial charge in [-0.1, -0.05) is 19.1 Å². The van der Waals surface area contributed by atoms with Crippen LogP contribution in [0.25, 0.3) is 0 Å². The van der Waals surface area contributed by atoms with Crippen LogP contribution >= 0.6 is 0 Å². The van der Waals surface area contributed by atoms with Crippen molar-refractivity contribution in [3.05, 3.63) is 35.7 Å². The Morgan fingerprint density at radius 1 is 1.24 bits per heavy atom. The molecule has 0 saturated carbocycles. The fraction of sp³-hybridized carbons (Fsp3) is 0.533. The van der Waals surface area contributed by atoms with E-state index in [-0.39, 0.29) is 12.1 Å². The number of ether oxygens (including phenoxy) is 1. The zero-order valence-corrected chi connectivity index (χ0v) is 13.1. The van der Waals surface area contributed by atoms with E-state index in [1.165, 1.54) is 0 Å². The van der Waals surface area contributed by atoms with Crippen molar-refractivity contribution in [3.8, 4) is 5.75 Å². The predicted molar refractivity (Wildman–Crippen MR) is 81.3 cm³/mol. The summed E-state index contributed by atoms with van der Waals surface area (Å²) in [6.07, 6.45) is 1.08. The number of nitrogens with one attached hydrogen (secondary N) is 1. The lowest BCUT2D eigenvalue weighted by Crippen LogP contribution is -2.24. The van der Waals surface area contributed by atoms with Gasteiger partial charge in [0.25, 0.3) is 0 Å². The topological polar surface area (TPSA) is 64.9 Å². The SMILES string of the molecule is CCCNC(C)c1nnnn1C(C)c1ccc(OC)cc1. The maximum atomic E-state index is 5.19. The maximum Gasteiger partial charge on any atom is 0.168 e. The van der Waals surface area contributed by atoms with Gasteiger partial charge < -0.3 is 10.1 Å². The highest BCUT2D eigenvalue weighted by Crippen LogP contribution is 2.22. The van der Waals surface area contributed by atoms with Crippen LogP contribution in [0.2, 0.25) is 0 Å². The quantitative estimate of drug-likeness (QED) is 0.847. The molecule has 0 aliphatic heterocycles. The highest BCUT2D eigenvalue weighted by Gasteiger charge is 2.19. The first-order chi connectivity index (χ1) is 10.2. The number of nitrogens with zero attached hydrogens (tertiary/aromatic N) is 4. The molecule has 6 nitrogen and oxygen atoms in total. The second-order valence-electron chi connectivity index (χ2n) is 5.11. The smallest absolute Gasteiger partial charge is 0.168 e. The molecular weight excluding hydrogens is 266 g/mol. The third kappa shape index (κ3) is 3.58. The first-order valence-corrected chi connectivity index (χ1v) is 7.32. The molecule has 21 heavy (non-hydrogen) atoms. The lowest BCUT2D eigenvalue weighted by Gasteiger charge is -2.18. The Morgan fingerprint density at radius 2 is 1.95 bits per heavy atom. The second kappa shape index (κ2) is 7.17. The number of tetrazole rings is 1. The van der Waals surface area contributed by atoms with Gasteiger partial charge in [0.05, 0.1) is 19.2 Å². The third-order valence-corrected chi connectivity index (χ3v) is 3.57. The van der Waals surface area contributed by atoms with Crippen molar-refractivity contribution in [2.45, 2.75) is 39.3 Å². The standard InChI is InChI=1S/C15H23N5O/c1-5-10-16-11(2)15-17-18-19-20(15)12(3)13-6-8-14(21-4)9-7-13/h6-9,11-12,16H,5,10H2,1-4H3. The van der Waals surface area contributed by atoms with Crippen molar-refractivity contribution in [1.82, 2.24) is 25.5 Å². The van der Waals surface area contributed by atoms with Gasteiger partial charge in [0.15, 0.2) is 5.82 Å². The minimum atomic E-state index is 0.0757. The molecule has 2 unspecified atom stereocenters. The summed E-state index contributed by atoms with van der Waals surface area (Å²) >= 11 is 0. The Morgan fingerprint density at radius 3 is 2.57 bits per heavy atom. The fourth-order valence-electron chi connectivity index (χ4n) is 2.24. The summed E-state index contributed by atoms with van der Waals surface area (Å²) in [4.78, 5) is 0. The van der Waals surface area contributed by atoms with Gasteiger partial charge in [-0.25, -0.2) is 4.68 Å². The van der Waals surface area contributed by atoms with E-state index in [2.05, 4.69) is 41.6 Å². The number of hydrogen-bond donors (Lipinski definition) is 1. The molecule has 1 N–H and O–H groups in total. The molecule has 0 spiro atoms. The summed E-state index contributed by atoms with van der Waals surface area (Å²) in [6, 6.07) is 8.19. The van der Waals surface area contributed by atoms with E-state index < -0.39 is 0 Å². The van der Waals surface area contributed by atoms with Crippen molar-refractivity contribution >= 4 is 0 Å². The summed E-state index contributed by atoms with van der Waals surface area (Å²) in [5.74, 6) is 1.70. The summed E-state index contributed by atoms with van der Waals surface area (Å²) in [6.45, 7) is 7.26. The van der Waals surface area contributed by atoms with Crippen LogP contribution in [0.5, 0.6) is 5.75 Å². The van der Waals surface area contributed by atoms with Gasteiger partial charge in [-0.05, 0) is 54.9 Å². The molecule has 0 aliphatic carbocycles. The Balaban J connectivity index is 2.18. The number of benzene rings is 1. The van der Waals surface area contributed by atoms with Crippen LogP contribution in [-0.2, 0) is 0 Å². The largest absolute Gasteiger partial charge is 0.497 e. The number of methoxy groups -OCH3 is 1. The van der Waals surface area contributed by atoms with Gasteiger partial charge in [-0.2, -0.15) is 0 Å². The van der Waals surface area contributed by atoms with Crippen LogP contribution in [0, 0.1) is 0 Å². The molecule has 0 saturated heterocycles. The maximum absolute atomic E-state index is 5.19. The van der Waals surface area contributed by atoms with E-state index in [1.807, 2.05) is 28.9 Å². The number of rotatable bonds is 7. The van der Waals surface area contributed by atoms with Crippen LogP contribution in [0.3, 0.4) is 0 Å². The zero-order valence-electron chi connectivity index (χ0n) is 13.1. The van der Waals surface area contributed by atoms with Crippen molar-refractivity contribution < 1.29 is 4.74 Å². The van der Waals surface area contributed by atoms with Crippen LogP contribution in [0.4, 0.5) is 0 Å². The summed E-state index contributed by atoms with van der Waals surface area (Å²) in [5.41, 5.74) is 1.15. The molecule has 1 aromatic heterocycles. The van der Waals surface area contributed by atoms with E-state index in [9.17, 15) is 0 Å². The molecular formula is C15H23N5O. The van der Waals surface area contributed by atoms with Crippen molar-refractivity contribution in [1.29, 1.82) is 0 Å². The predicted octanol–water partition coefficient (Wildman–Crippen LogP) is 2.35. The minimum Gasteiger partial charge on any atom is -0.497 e. The number of aromatic nitrogens is 4. The molecule has 2 atom stereocenters. The third-order valence-electron chi connectivity index (χ3n) is 3.57. The molecule has 1 aromatic carbocycles. The molecule has 0 radical (unpaired) electrons. The van der Waals surface area contributed by atoms with E-state index >= 15 is 0 Å². The zero-order chi connectivity index (χ0) is 15.2. The van der Waals surface area contributed by atoms with Gasteiger partial charge >= 0.3 is 0 Å². The second-order valence-corrected chi connectivity index (χ2v) is 5.11. The minimum absolute atomic E-state index is 0.0757. The van der Waals surface area contributed by atoms with Crippen molar-refractivity contribution in [2.75, 3.05) is 13.7 Å². The van der Waals surface area contributed by atoms with Gasteiger partial charge in [-0.15, -0.1) is 5.10 Å². The Labute approximate surface area is 125 Å². The molecule has 6 heteroatoms. The van der Waals surface area contributed by atoms with Gasteiger partial charge in [0.1, 0.15) is 5.75 Å². The molecule has 0 aliphatic rings. The highest BCUT2D eigenvalue weighted by molar-refractivity contribution is 5.29. The average molecular weight is 289 g/mol. The molecule has 0 amide bonds. The van der Waals surface area contributed by atoms with E-state index in [1.54, 1.807) is 7.11 Å². The fourth-order valence-corrected chi connectivity index (χ4v) is 2.24. The molecule has 2 rings (SSSR count). The van der Waals surface area contributed by atoms with Gasteiger partial charge in [0.2, 0.25) is 0 Å². The first-order valence-electron chi connectivity index (χ1n) is 7.32.